The van der Waals surface area contributed by atoms with Gasteiger partial charge in [-0.1, -0.05) is 51.8 Å². The van der Waals surface area contributed by atoms with Crippen molar-refractivity contribution in [1.82, 2.24) is 4.90 Å². The Morgan fingerprint density at radius 2 is 1.58 bits per heavy atom. The molecule has 2 amide bonds. The van der Waals surface area contributed by atoms with Crippen molar-refractivity contribution in [2.75, 3.05) is 19.8 Å². The van der Waals surface area contributed by atoms with Crippen LogP contribution in [0.2, 0.25) is 0 Å². The van der Waals surface area contributed by atoms with Crippen LogP contribution in [0.25, 0.3) is 0 Å². The van der Waals surface area contributed by atoms with Crippen molar-refractivity contribution in [2.24, 2.45) is 0 Å². The minimum Gasteiger partial charge on any atom is -0.493 e. The molecule has 0 saturated heterocycles. The highest BCUT2D eigenvalue weighted by Gasteiger charge is 2.71. The van der Waals surface area contributed by atoms with Crippen LogP contribution in [0.4, 0.5) is 26.3 Å². The Labute approximate surface area is 258 Å². The lowest BCUT2D eigenvalue weighted by Gasteiger charge is -2.37. The van der Waals surface area contributed by atoms with Crippen molar-refractivity contribution in [3.05, 3.63) is 70.3 Å². The lowest BCUT2D eigenvalue weighted by Crippen LogP contribution is -2.54. The molecule has 1 N–H and O–H groups in total. The van der Waals surface area contributed by atoms with Crippen molar-refractivity contribution in [1.29, 1.82) is 0 Å². The molecule has 2 aromatic rings. The first kappa shape index (κ1) is 34.3. The number of benzene rings is 2. The first-order valence-corrected chi connectivity index (χ1v) is 15.1. The summed E-state index contributed by atoms with van der Waals surface area (Å²) in [6.07, 6.45) is -6.22. The van der Waals surface area contributed by atoms with Gasteiger partial charge in [0.05, 0.1) is 18.6 Å². The van der Waals surface area contributed by atoms with Crippen molar-refractivity contribution in [3.63, 3.8) is 0 Å². The second kappa shape index (κ2) is 13.1. The summed E-state index contributed by atoms with van der Waals surface area (Å²) in [5.41, 5.74) is -5.75. The number of fused-ring (bicyclic) bond motifs is 1. The molecule has 2 aliphatic heterocycles. The summed E-state index contributed by atoms with van der Waals surface area (Å²) in [4.78, 5) is 27.8. The van der Waals surface area contributed by atoms with Gasteiger partial charge in [-0.05, 0) is 72.6 Å². The van der Waals surface area contributed by atoms with Crippen molar-refractivity contribution >= 4 is 11.8 Å². The van der Waals surface area contributed by atoms with Gasteiger partial charge in [-0.2, -0.15) is 26.3 Å². The minimum absolute atomic E-state index is 0.0542. The molecule has 246 valence electrons. The molecule has 0 aliphatic carbocycles. The average molecular weight is 642 g/mol. The average Bonchev–Trinajstić information content (AvgIpc) is 2.98. The van der Waals surface area contributed by atoms with E-state index in [1.807, 2.05) is 25.1 Å². The monoisotopic (exact) mass is 641 g/mol. The maximum Gasteiger partial charge on any atom is 0.430 e. The Bertz CT molecular complexity index is 1410. The van der Waals surface area contributed by atoms with Crippen LogP contribution >= 0.6 is 0 Å². The predicted molar refractivity (Wildman–Crippen MR) is 154 cm³/mol. The molecular weight excluding hydrogens is 604 g/mol. The maximum atomic E-state index is 13.9. The van der Waals surface area contributed by atoms with Crippen LogP contribution in [0.15, 0.2) is 42.5 Å². The summed E-state index contributed by atoms with van der Waals surface area (Å²) in [7, 11) is 0. The zero-order valence-electron chi connectivity index (χ0n) is 25.4. The van der Waals surface area contributed by atoms with Gasteiger partial charge in [0.15, 0.2) is 0 Å². The van der Waals surface area contributed by atoms with Crippen LogP contribution in [-0.2, 0) is 39.9 Å². The largest absolute Gasteiger partial charge is 0.493 e. The molecular formula is C33H37F6NO5. The van der Waals surface area contributed by atoms with Gasteiger partial charge >= 0.3 is 12.4 Å². The number of hydrogen-bond donors (Lipinski definition) is 1. The van der Waals surface area contributed by atoms with Crippen molar-refractivity contribution in [2.45, 2.75) is 89.1 Å². The van der Waals surface area contributed by atoms with Gasteiger partial charge in [0, 0.05) is 11.6 Å². The van der Waals surface area contributed by atoms with Crippen LogP contribution in [0, 0.1) is 0 Å². The highest BCUT2D eigenvalue weighted by Crippen LogP contribution is 2.51. The smallest absolute Gasteiger partial charge is 0.430 e. The van der Waals surface area contributed by atoms with E-state index in [1.165, 1.54) is 6.08 Å². The molecule has 12 heteroatoms. The normalized spacial score (nSPS) is 19.0. The Balaban J connectivity index is 1.64. The van der Waals surface area contributed by atoms with Gasteiger partial charge in [0.25, 0.3) is 11.5 Å². The Hall–Kier alpha value is -3.54. The number of nitrogens with zero attached hydrogens (tertiary/aromatic N) is 1. The third-order valence-corrected chi connectivity index (χ3v) is 8.47. The highest BCUT2D eigenvalue weighted by atomic mass is 19.4. The number of carbonyl (C=O) groups excluding carboxylic acids is 2. The van der Waals surface area contributed by atoms with Gasteiger partial charge in [0.1, 0.15) is 18.1 Å². The zero-order chi connectivity index (χ0) is 33.2. The summed E-state index contributed by atoms with van der Waals surface area (Å²) in [5.74, 6) is -0.275. The topological polar surface area (TPSA) is 76.1 Å². The first-order valence-electron chi connectivity index (χ1n) is 15.1. The fraction of sp³-hybridized carbons (Fsp3) is 0.515. The van der Waals surface area contributed by atoms with E-state index < -0.39 is 40.7 Å². The van der Waals surface area contributed by atoms with Crippen LogP contribution in [0.1, 0.15) is 74.3 Å². The minimum atomic E-state index is -6.03. The van der Waals surface area contributed by atoms with Gasteiger partial charge in [-0.15, -0.1) is 0 Å². The second-order valence-electron chi connectivity index (χ2n) is 11.4. The van der Waals surface area contributed by atoms with Crippen LogP contribution in [0.3, 0.4) is 0 Å². The molecule has 0 bridgehead atoms. The van der Waals surface area contributed by atoms with Crippen LogP contribution < -0.4 is 9.47 Å². The Kier molecular flexibility index (Phi) is 9.96. The molecule has 6 nitrogen and oxygen atoms in total. The molecule has 45 heavy (non-hydrogen) atoms. The molecule has 0 spiro atoms. The highest BCUT2D eigenvalue weighted by molar-refractivity contribution is 6.09. The van der Waals surface area contributed by atoms with E-state index in [-0.39, 0.29) is 42.9 Å². The number of amides is 2. The molecule has 1 atom stereocenters. The summed E-state index contributed by atoms with van der Waals surface area (Å²) in [5, 5.41) is 10.1. The lowest BCUT2D eigenvalue weighted by atomic mass is 9.74. The van der Waals surface area contributed by atoms with E-state index in [2.05, 4.69) is 0 Å². The van der Waals surface area contributed by atoms with Crippen molar-refractivity contribution in [3.8, 4) is 11.5 Å². The van der Waals surface area contributed by atoms with Gasteiger partial charge in [-0.3, -0.25) is 14.5 Å². The third kappa shape index (κ3) is 6.30. The number of ether oxygens (including phenoxy) is 2. The maximum absolute atomic E-state index is 13.9. The van der Waals surface area contributed by atoms with Gasteiger partial charge < -0.3 is 14.6 Å². The van der Waals surface area contributed by atoms with E-state index in [4.69, 9.17) is 9.47 Å². The number of hydrogen-bond acceptors (Lipinski definition) is 5. The second-order valence-corrected chi connectivity index (χ2v) is 11.4. The van der Waals surface area contributed by atoms with E-state index in [9.17, 15) is 41.0 Å². The van der Waals surface area contributed by atoms with Crippen LogP contribution in [0.5, 0.6) is 11.5 Å². The third-order valence-electron chi connectivity index (χ3n) is 8.47. The summed E-state index contributed by atoms with van der Waals surface area (Å²) < 4.78 is 94.1. The SMILES string of the molecule is CCCc1cc(C(O)(C(F)(F)F)C(F)(F)F)cc(CCC)c1OCCN1C(=O)C=CC(CC)(c2ccc3c(c2)OCCC3)C1=O. The molecule has 2 aromatic carbocycles. The van der Waals surface area contributed by atoms with Gasteiger partial charge in [0.2, 0.25) is 5.91 Å². The molecule has 0 saturated carbocycles. The number of rotatable bonds is 11. The number of carbonyl (C=O) groups is 2. The number of aliphatic hydroxyl groups is 1. The molecule has 0 fully saturated rings. The van der Waals surface area contributed by atoms with E-state index >= 15 is 0 Å². The molecule has 4 rings (SSSR count). The molecule has 1 unspecified atom stereocenters. The van der Waals surface area contributed by atoms with E-state index in [0.717, 1.165) is 23.3 Å². The fourth-order valence-electron chi connectivity index (χ4n) is 6.02. The number of halogens is 6. The number of imide groups is 1. The predicted octanol–water partition coefficient (Wildman–Crippen LogP) is 6.88. The number of alkyl halides is 6. The summed E-state index contributed by atoms with van der Waals surface area (Å²) in [6.45, 7) is 5.32. The Morgan fingerprint density at radius 1 is 0.956 bits per heavy atom. The molecule has 2 heterocycles. The molecule has 2 aliphatic rings. The molecule has 0 aromatic heterocycles. The summed E-state index contributed by atoms with van der Waals surface area (Å²) in [6, 6.07) is 6.95. The standard InChI is InChI=1S/C33H37F6NO5/c1-4-8-22-18-25(31(43,32(34,35)36)33(37,38)39)19-23(9-5-2)28(22)45-17-15-40-27(41)13-14-30(6-3,29(40)42)24-12-11-21-10-7-16-44-26(21)20-24/h11-14,18-20,43H,4-10,15-17H2,1-3H3. The van der Waals surface area contributed by atoms with E-state index in [1.54, 1.807) is 19.9 Å². The number of aryl methyl sites for hydroxylation is 3. The fourth-order valence-corrected chi connectivity index (χ4v) is 6.02. The van der Waals surface area contributed by atoms with E-state index in [0.29, 0.717) is 49.3 Å². The first-order chi connectivity index (χ1) is 21.1. The van der Waals surface area contributed by atoms with Crippen molar-refractivity contribution < 1.29 is 50.5 Å². The quantitative estimate of drug-likeness (QED) is 0.214. The molecule has 0 radical (unpaired) electrons. The zero-order valence-corrected chi connectivity index (χ0v) is 25.4. The summed E-state index contributed by atoms with van der Waals surface area (Å²) >= 11 is 0. The van der Waals surface area contributed by atoms with Crippen LogP contribution in [-0.4, -0.2) is 53.9 Å². The lowest BCUT2D eigenvalue weighted by molar-refractivity contribution is -0.376. The Morgan fingerprint density at radius 3 is 2.13 bits per heavy atom. The van der Waals surface area contributed by atoms with Gasteiger partial charge in [-0.25, -0.2) is 0 Å².